The van der Waals surface area contributed by atoms with Crippen molar-refractivity contribution in [1.29, 1.82) is 0 Å². The molecule has 1 aromatic rings. The van der Waals surface area contributed by atoms with E-state index in [4.69, 9.17) is 4.74 Å². The first-order valence-corrected chi connectivity index (χ1v) is 7.69. The van der Waals surface area contributed by atoms with Crippen LogP contribution in [0.2, 0.25) is 0 Å². The third kappa shape index (κ3) is 5.74. The average molecular weight is 278 g/mol. The molecule has 1 fully saturated rings. The van der Waals surface area contributed by atoms with E-state index < -0.39 is 0 Å². The third-order valence-corrected chi connectivity index (χ3v) is 3.21. The quantitative estimate of drug-likeness (QED) is 0.644. The van der Waals surface area contributed by atoms with E-state index in [9.17, 15) is 0 Å². The molecule has 2 rings (SSSR count). The SMILES string of the molecule is CCCNc1nc(C)cc(NCCCOCC2CC2)n1. The minimum atomic E-state index is 0.708. The van der Waals surface area contributed by atoms with Crippen molar-refractivity contribution in [2.24, 2.45) is 5.92 Å². The van der Waals surface area contributed by atoms with Crippen LogP contribution < -0.4 is 10.6 Å². The zero-order chi connectivity index (χ0) is 14.2. The first-order chi connectivity index (χ1) is 9.78. The molecule has 1 saturated carbocycles. The van der Waals surface area contributed by atoms with E-state index in [0.717, 1.165) is 56.6 Å². The summed E-state index contributed by atoms with van der Waals surface area (Å²) in [5.74, 6) is 2.44. The van der Waals surface area contributed by atoms with Gasteiger partial charge in [0.05, 0.1) is 0 Å². The van der Waals surface area contributed by atoms with Gasteiger partial charge in [-0.1, -0.05) is 6.92 Å². The molecule has 2 N–H and O–H groups in total. The van der Waals surface area contributed by atoms with E-state index in [1.807, 2.05) is 13.0 Å². The van der Waals surface area contributed by atoms with Gasteiger partial charge in [-0.05, 0) is 38.5 Å². The summed E-state index contributed by atoms with van der Waals surface area (Å²) in [6.45, 7) is 7.67. The van der Waals surface area contributed by atoms with Gasteiger partial charge in [-0.3, -0.25) is 0 Å². The molecule has 0 spiro atoms. The largest absolute Gasteiger partial charge is 0.381 e. The Kier molecular flexibility index (Phi) is 6.05. The van der Waals surface area contributed by atoms with Crippen molar-refractivity contribution in [3.05, 3.63) is 11.8 Å². The van der Waals surface area contributed by atoms with Crippen LogP contribution in [0.25, 0.3) is 0 Å². The maximum Gasteiger partial charge on any atom is 0.224 e. The number of hydrogen-bond acceptors (Lipinski definition) is 5. The lowest BCUT2D eigenvalue weighted by Crippen LogP contribution is -2.11. The van der Waals surface area contributed by atoms with Crippen LogP contribution in [-0.2, 0) is 4.74 Å². The molecular weight excluding hydrogens is 252 g/mol. The van der Waals surface area contributed by atoms with Crippen LogP contribution in [0.3, 0.4) is 0 Å². The van der Waals surface area contributed by atoms with E-state index in [2.05, 4.69) is 27.5 Å². The summed E-state index contributed by atoms with van der Waals surface area (Å²) < 4.78 is 5.61. The Balaban J connectivity index is 1.66. The van der Waals surface area contributed by atoms with Crippen molar-refractivity contribution in [1.82, 2.24) is 9.97 Å². The fourth-order valence-electron chi connectivity index (χ4n) is 1.90. The summed E-state index contributed by atoms with van der Waals surface area (Å²) >= 11 is 0. The number of nitrogens with one attached hydrogen (secondary N) is 2. The van der Waals surface area contributed by atoms with Gasteiger partial charge in [0.15, 0.2) is 0 Å². The number of ether oxygens (including phenoxy) is 1. The smallest absolute Gasteiger partial charge is 0.224 e. The number of anilines is 2. The molecule has 0 aliphatic heterocycles. The van der Waals surface area contributed by atoms with E-state index >= 15 is 0 Å². The Bertz CT molecular complexity index is 407. The maximum absolute atomic E-state index is 5.61. The second-order valence-electron chi connectivity index (χ2n) is 5.44. The Morgan fingerprint density at radius 3 is 2.85 bits per heavy atom. The maximum atomic E-state index is 5.61. The number of nitrogens with zero attached hydrogens (tertiary/aromatic N) is 2. The van der Waals surface area contributed by atoms with E-state index in [1.54, 1.807) is 0 Å². The topological polar surface area (TPSA) is 59.1 Å². The lowest BCUT2D eigenvalue weighted by molar-refractivity contribution is 0.124. The van der Waals surface area contributed by atoms with Gasteiger partial charge >= 0.3 is 0 Å². The van der Waals surface area contributed by atoms with Crippen LogP contribution >= 0.6 is 0 Å². The minimum Gasteiger partial charge on any atom is -0.381 e. The van der Waals surface area contributed by atoms with Gasteiger partial charge in [0.2, 0.25) is 5.95 Å². The molecule has 1 heterocycles. The van der Waals surface area contributed by atoms with Crippen molar-refractivity contribution in [3.63, 3.8) is 0 Å². The first-order valence-electron chi connectivity index (χ1n) is 7.69. The monoisotopic (exact) mass is 278 g/mol. The second kappa shape index (κ2) is 8.04. The molecule has 1 aliphatic rings. The van der Waals surface area contributed by atoms with Gasteiger partial charge in [0, 0.05) is 38.1 Å². The van der Waals surface area contributed by atoms with Crippen molar-refractivity contribution in [2.45, 2.75) is 39.5 Å². The van der Waals surface area contributed by atoms with Crippen molar-refractivity contribution in [3.8, 4) is 0 Å². The highest BCUT2D eigenvalue weighted by atomic mass is 16.5. The Hall–Kier alpha value is -1.36. The average Bonchev–Trinajstić information content (AvgIpc) is 3.24. The summed E-state index contributed by atoms with van der Waals surface area (Å²) in [6.07, 6.45) is 4.78. The molecule has 0 aromatic carbocycles. The standard InChI is InChI=1S/C15H26N4O/c1-3-7-17-15-18-12(2)10-14(19-15)16-8-4-9-20-11-13-5-6-13/h10,13H,3-9,11H2,1-2H3,(H2,16,17,18,19). The molecular formula is C15H26N4O. The van der Waals surface area contributed by atoms with Crippen molar-refractivity contribution < 1.29 is 4.74 Å². The summed E-state index contributed by atoms with van der Waals surface area (Å²) in [5, 5.41) is 6.55. The van der Waals surface area contributed by atoms with Crippen LogP contribution in [0.15, 0.2) is 6.07 Å². The molecule has 0 radical (unpaired) electrons. The molecule has 0 bridgehead atoms. The summed E-state index contributed by atoms with van der Waals surface area (Å²) in [6, 6.07) is 1.97. The molecule has 5 nitrogen and oxygen atoms in total. The van der Waals surface area contributed by atoms with Gasteiger partial charge in [0.25, 0.3) is 0 Å². The molecule has 1 aromatic heterocycles. The van der Waals surface area contributed by atoms with Crippen LogP contribution in [0.5, 0.6) is 0 Å². The molecule has 5 heteroatoms. The molecule has 0 saturated heterocycles. The minimum absolute atomic E-state index is 0.708. The summed E-state index contributed by atoms with van der Waals surface area (Å²) in [7, 11) is 0. The van der Waals surface area contributed by atoms with Crippen LogP contribution in [0, 0.1) is 12.8 Å². The first kappa shape index (κ1) is 15.0. The predicted octanol–water partition coefficient (Wildman–Crippen LogP) is 2.84. The molecule has 0 unspecified atom stereocenters. The Morgan fingerprint density at radius 1 is 1.25 bits per heavy atom. The fourth-order valence-corrected chi connectivity index (χ4v) is 1.90. The highest BCUT2D eigenvalue weighted by Gasteiger charge is 2.20. The van der Waals surface area contributed by atoms with Crippen LogP contribution in [0.1, 0.15) is 38.3 Å². The zero-order valence-electron chi connectivity index (χ0n) is 12.6. The van der Waals surface area contributed by atoms with E-state index in [-0.39, 0.29) is 0 Å². The second-order valence-corrected chi connectivity index (χ2v) is 5.44. The fraction of sp³-hybridized carbons (Fsp3) is 0.733. The molecule has 20 heavy (non-hydrogen) atoms. The van der Waals surface area contributed by atoms with Gasteiger partial charge < -0.3 is 15.4 Å². The summed E-state index contributed by atoms with van der Waals surface area (Å²) in [5.41, 5.74) is 0.978. The Morgan fingerprint density at radius 2 is 2.10 bits per heavy atom. The van der Waals surface area contributed by atoms with Gasteiger partial charge in [0.1, 0.15) is 5.82 Å². The highest BCUT2D eigenvalue weighted by molar-refractivity contribution is 5.41. The predicted molar refractivity (Wildman–Crippen MR) is 82.2 cm³/mol. The lowest BCUT2D eigenvalue weighted by atomic mass is 10.4. The number of aryl methyl sites for hydroxylation is 1. The number of rotatable bonds is 10. The molecule has 112 valence electrons. The van der Waals surface area contributed by atoms with E-state index in [0.29, 0.717) is 5.95 Å². The molecule has 0 atom stereocenters. The normalized spacial score (nSPS) is 14.3. The molecule has 0 amide bonds. The van der Waals surface area contributed by atoms with Crippen molar-refractivity contribution >= 4 is 11.8 Å². The van der Waals surface area contributed by atoms with Gasteiger partial charge in [-0.2, -0.15) is 4.98 Å². The van der Waals surface area contributed by atoms with Gasteiger partial charge in [-0.25, -0.2) is 4.98 Å². The van der Waals surface area contributed by atoms with Crippen molar-refractivity contribution in [2.75, 3.05) is 36.9 Å². The third-order valence-electron chi connectivity index (χ3n) is 3.21. The summed E-state index contributed by atoms with van der Waals surface area (Å²) in [4.78, 5) is 8.82. The zero-order valence-corrected chi connectivity index (χ0v) is 12.6. The number of aromatic nitrogens is 2. The van der Waals surface area contributed by atoms with Crippen LogP contribution in [0.4, 0.5) is 11.8 Å². The molecule has 1 aliphatic carbocycles. The van der Waals surface area contributed by atoms with E-state index in [1.165, 1.54) is 12.8 Å². The van der Waals surface area contributed by atoms with Crippen LogP contribution in [-0.4, -0.2) is 36.3 Å². The lowest BCUT2D eigenvalue weighted by Gasteiger charge is -2.09. The highest BCUT2D eigenvalue weighted by Crippen LogP contribution is 2.28. The Labute approximate surface area is 121 Å². The number of hydrogen-bond donors (Lipinski definition) is 2. The van der Waals surface area contributed by atoms with Gasteiger partial charge in [-0.15, -0.1) is 0 Å².